The molecule has 3 N–H and O–H groups in total. The summed E-state index contributed by atoms with van der Waals surface area (Å²) in [6.45, 7) is 4.44. The van der Waals surface area contributed by atoms with E-state index < -0.39 is 18.0 Å². The van der Waals surface area contributed by atoms with Crippen LogP contribution in [-0.2, 0) is 14.3 Å². The minimum absolute atomic E-state index is 0.110. The number of esters is 1. The molecule has 0 fully saturated rings. The lowest BCUT2D eigenvalue weighted by Crippen LogP contribution is -2.33. The average molecular weight is 231 g/mol. The first kappa shape index (κ1) is 14.9. The fourth-order valence-electron chi connectivity index (χ4n) is 1.23. The molecule has 0 amide bonds. The lowest BCUT2D eigenvalue weighted by Gasteiger charge is -2.15. The van der Waals surface area contributed by atoms with Crippen molar-refractivity contribution >= 4 is 11.9 Å². The van der Waals surface area contributed by atoms with Crippen molar-refractivity contribution in [2.24, 2.45) is 11.7 Å². The molecule has 0 aliphatic rings. The van der Waals surface area contributed by atoms with Crippen LogP contribution in [0.4, 0.5) is 0 Å². The van der Waals surface area contributed by atoms with Crippen molar-refractivity contribution in [3.63, 3.8) is 0 Å². The van der Waals surface area contributed by atoms with Crippen molar-refractivity contribution in [1.82, 2.24) is 0 Å². The van der Waals surface area contributed by atoms with Crippen LogP contribution in [0.3, 0.4) is 0 Å². The molecule has 0 aliphatic heterocycles. The van der Waals surface area contributed by atoms with Gasteiger partial charge in [0.25, 0.3) is 0 Å². The third kappa shape index (κ3) is 6.40. The molecule has 94 valence electrons. The number of hydrogen-bond donors (Lipinski definition) is 2. The van der Waals surface area contributed by atoms with Gasteiger partial charge in [0.15, 0.2) is 0 Å². The van der Waals surface area contributed by atoms with Gasteiger partial charge < -0.3 is 15.6 Å². The van der Waals surface area contributed by atoms with Crippen LogP contribution in [0.1, 0.15) is 39.5 Å². The van der Waals surface area contributed by atoms with Gasteiger partial charge in [-0.3, -0.25) is 9.59 Å². The van der Waals surface area contributed by atoms with Crippen LogP contribution in [0, 0.1) is 5.92 Å². The predicted molar refractivity (Wildman–Crippen MR) is 59.9 cm³/mol. The first-order valence-corrected chi connectivity index (χ1v) is 5.65. The third-order valence-corrected chi connectivity index (χ3v) is 2.59. The highest BCUT2D eigenvalue weighted by Gasteiger charge is 2.17. The zero-order valence-electron chi connectivity index (χ0n) is 9.94. The SMILES string of the molecule is CCC(CC)COC(=O)C(N)CCC(=O)O. The maximum absolute atomic E-state index is 11.4. The normalized spacial score (nSPS) is 12.5. The van der Waals surface area contributed by atoms with Gasteiger partial charge in [-0.1, -0.05) is 26.7 Å². The van der Waals surface area contributed by atoms with E-state index in [-0.39, 0.29) is 12.8 Å². The Morgan fingerprint density at radius 3 is 2.31 bits per heavy atom. The van der Waals surface area contributed by atoms with Crippen molar-refractivity contribution < 1.29 is 19.4 Å². The number of carboxylic acids is 1. The molecular formula is C11H21NO4. The second-order valence-corrected chi connectivity index (χ2v) is 3.85. The van der Waals surface area contributed by atoms with Gasteiger partial charge in [-0.25, -0.2) is 0 Å². The van der Waals surface area contributed by atoms with Gasteiger partial charge in [-0.2, -0.15) is 0 Å². The first-order valence-electron chi connectivity index (χ1n) is 5.65. The summed E-state index contributed by atoms with van der Waals surface area (Å²) < 4.78 is 5.02. The Labute approximate surface area is 96.0 Å². The Kier molecular flexibility index (Phi) is 7.54. The zero-order valence-corrected chi connectivity index (χ0v) is 9.94. The summed E-state index contributed by atoms with van der Waals surface area (Å²) in [5, 5.41) is 8.43. The summed E-state index contributed by atoms with van der Waals surface area (Å²) in [5.41, 5.74) is 5.50. The first-order chi connectivity index (χ1) is 7.51. The van der Waals surface area contributed by atoms with Crippen molar-refractivity contribution in [2.45, 2.75) is 45.6 Å². The van der Waals surface area contributed by atoms with Gasteiger partial charge in [0.05, 0.1) is 6.61 Å². The van der Waals surface area contributed by atoms with Crippen molar-refractivity contribution in [3.05, 3.63) is 0 Å². The number of aliphatic carboxylic acids is 1. The topological polar surface area (TPSA) is 89.6 Å². The van der Waals surface area contributed by atoms with Crippen molar-refractivity contribution in [2.75, 3.05) is 6.61 Å². The molecule has 0 aromatic rings. The summed E-state index contributed by atoms with van der Waals surface area (Å²) in [4.78, 5) is 21.6. The second kappa shape index (κ2) is 8.10. The number of carbonyl (C=O) groups is 2. The molecule has 0 spiro atoms. The molecule has 0 bridgehead atoms. The van der Waals surface area contributed by atoms with E-state index >= 15 is 0 Å². The Morgan fingerprint density at radius 2 is 1.88 bits per heavy atom. The number of nitrogens with two attached hydrogens (primary N) is 1. The highest BCUT2D eigenvalue weighted by Crippen LogP contribution is 2.08. The number of rotatable bonds is 8. The Balaban J connectivity index is 3.82. The number of ether oxygens (including phenoxy) is 1. The molecule has 0 heterocycles. The highest BCUT2D eigenvalue weighted by molar-refractivity contribution is 5.76. The minimum Gasteiger partial charge on any atom is -0.481 e. The van der Waals surface area contributed by atoms with Gasteiger partial charge in [0.1, 0.15) is 6.04 Å². The second-order valence-electron chi connectivity index (χ2n) is 3.85. The van der Waals surface area contributed by atoms with E-state index in [1.807, 2.05) is 13.8 Å². The Hall–Kier alpha value is -1.10. The van der Waals surface area contributed by atoms with Gasteiger partial charge >= 0.3 is 11.9 Å². The van der Waals surface area contributed by atoms with Gasteiger partial charge in [0.2, 0.25) is 0 Å². The zero-order chi connectivity index (χ0) is 12.6. The molecule has 0 radical (unpaired) electrons. The van der Waals surface area contributed by atoms with E-state index in [9.17, 15) is 9.59 Å². The van der Waals surface area contributed by atoms with Crippen LogP contribution in [0.25, 0.3) is 0 Å². The third-order valence-electron chi connectivity index (χ3n) is 2.59. The molecule has 0 aromatic carbocycles. The Bertz CT molecular complexity index is 226. The van der Waals surface area contributed by atoms with Crippen LogP contribution in [0.2, 0.25) is 0 Å². The molecular weight excluding hydrogens is 210 g/mol. The summed E-state index contributed by atoms with van der Waals surface area (Å²) in [5.74, 6) is -1.10. The molecule has 0 saturated carbocycles. The quantitative estimate of drug-likeness (QED) is 0.612. The maximum Gasteiger partial charge on any atom is 0.322 e. The van der Waals surface area contributed by atoms with E-state index in [0.717, 1.165) is 12.8 Å². The number of carboxylic acid groups (broad SMARTS) is 1. The smallest absolute Gasteiger partial charge is 0.322 e. The summed E-state index contributed by atoms with van der Waals surface area (Å²) in [7, 11) is 0. The Morgan fingerprint density at radius 1 is 1.31 bits per heavy atom. The predicted octanol–water partition coefficient (Wildman–Crippen LogP) is 1.16. The van der Waals surface area contributed by atoms with Gasteiger partial charge in [-0.15, -0.1) is 0 Å². The van der Waals surface area contributed by atoms with Crippen molar-refractivity contribution in [1.29, 1.82) is 0 Å². The molecule has 16 heavy (non-hydrogen) atoms. The largest absolute Gasteiger partial charge is 0.481 e. The molecule has 5 nitrogen and oxygen atoms in total. The van der Waals surface area contributed by atoms with E-state index in [1.54, 1.807) is 0 Å². The van der Waals surface area contributed by atoms with Crippen molar-refractivity contribution in [3.8, 4) is 0 Å². The van der Waals surface area contributed by atoms with Crippen LogP contribution in [0.15, 0.2) is 0 Å². The average Bonchev–Trinajstić information content (AvgIpc) is 2.26. The highest BCUT2D eigenvalue weighted by atomic mass is 16.5. The summed E-state index contributed by atoms with van der Waals surface area (Å²) in [6, 6.07) is -0.828. The van der Waals surface area contributed by atoms with Crippen LogP contribution < -0.4 is 5.73 Å². The fraction of sp³-hybridized carbons (Fsp3) is 0.818. The maximum atomic E-state index is 11.4. The molecule has 0 rings (SSSR count). The monoisotopic (exact) mass is 231 g/mol. The van der Waals surface area contributed by atoms with E-state index in [2.05, 4.69) is 0 Å². The molecule has 1 unspecified atom stereocenters. The standard InChI is InChI=1S/C11H21NO4/c1-3-8(4-2)7-16-11(15)9(12)5-6-10(13)14/h8-9H,3-7,12H2,1-2H3,(H,13,14). The summed E-state index contributed by atoms with van der Waals surface area (Å²) >= 11 is 0. The lowest BCUT2D eigenvalue weighted by molar-refractivity contribution is -0.147. The number of hydrogen-bond acceptors (Lipinski definition) is 4. The van der Waals surface area contributed by atoms with E-state index in [0.29, 0.717) is 12.5 Å². The van der Waals surface area contributed by atoms with Crippen LogP contribution >= 0.6 is 0 Å². The number of carbonyl (C=O) groups excluding carboxylic acids is 1. The minimum atomic E-state index is -0.955. The molecule has 0 aliphatic carbocycles. The fourth-order valence-corrected chi connectivity index (χ4v) is 1.23. The van der Waals surface area contributed by atoms with E-state index in [4.69, 9.17) is 15.6 Å². The summed E-state index contributed by atoms with van der Waals surface area (Å²) in [6.07, 6.45) is 1.92. The van der Waals surface area contributed by atoms with Crippen LogP contribution in [0.5, 0.6) is 0 Å². The molecule has 1 atom stereocenters. The van der Waals surface area contributed by atoms with Gasteiger partial charge in [-0.05, 0) is 12.3 Å². The molecule has 0 saturated heterocycles. The molecule has 0 aromatic heterocycles. The van der Waals surface area contributed by atoms with E-state index in [1.165, 1.54) is 0 Å². The lowest BCUT2D eigenvalue weighted by atomic mass is 10.1. The van der Waals surface area contributed by atoms with Gasteiger partial charge in [0, 0.05) is 6.42 Å². The van der Waals surface area contributed by atoms with Crippen LogP contribution in [-0.4, -0.2) is 29.7 Å². The molecule has 5 heteroatoms.